The molecule has 2 amide bonds. The largest absolute Gasteiger partial charge is 0.355 e. The van der Waals surface area contributed by atoms with E-state index in [2.05, 4.69) is 21.7 Å². The van der Waals surface area contributed by atoms with Gasteiger partial charge in [0, 0.05) is 18.4 Å². The van der Waals surface area contributed by atoms with Crippen LogP contribution in [0.3, 0.4) is 0 Å². The first-order chi connectivity index (χ1) is 10.9. The van der Waals surface area contributed by atoms with Crippen LogP contribution >= 0.6 is 11.3 Å². The van der Waals surface area contributed by atoms with E-state index in [0.717, 1.165) is 23.4 Å². The molecule has 0 bridgehead atoms. The Labute approximate surface area is 140 Å². The highest BCUT2D eigenvalue weighted by Crippen LogP contribution is 2.22. The van der Waals surface area contributed by atoms with Crippen molar-refractivity contribution < 1.29 is 9.59 Å². The first-order valence-electron chi connectivity index (χ1n) is 7.76. The van der Waals surface area contributed by atoms with Gasteiger partial charge in [-0.1, -0.05) is 32.9 Å². The van der Waals surface area contributed by atoms with Crippen molar-refractivity contribution in [3.05, 3.63) is 29.3 Å². The number of aryl methyl sites for hydroxylation is 1. The molecule has 2 N–H and O–H groups in total. The first-order valence-corrected chi connectivity index (χ1v) is 8.57. The molecule has 2 aromatic rings. The lowest BCUT2D eigenvalue weighted by Gasteiger charge is -2.17. The summed E-state index contributed by atoms with van der Waals surface area (Å²) in [5.74, 6) is -0.283. The molecule has 0 aliphatic heterocycles. The maximum atomic E-state index is 11.7. The minimum atomic E-state index is -0.479. The molecule has 0 saturated carbocycles. The lowest BCUT2D eigenvalue weighted by molar-refractivity contribution is -0.131. The van der Waals surface area contributed by atoms with Gasteiger partial charge < -0.3 is 10.6 Å². The summed E-state index contributed by atoms with van der Waals surface area (Å²) in [6.07, 6.45) is 1.67. The van der Waals surface area contributed by atoms with Crippen LogP contribution in [0.2, 0.25) is 0 Å². The maximum absolute atomic E-state index is 11.7. The zero-order chi connectivity index (χ0) is 16.9. The number of rotatable bonds is 6. The zero-order valence-corrected chi connectivity index (χ0v) is 14.6. The van der Waals surface area contributed by atoms with E-state index in [1.807, 2.05) is 39.0 Å². The van der Waals surface area contributed by atoms with E-state index in [1.54, 1.807) is 11.3 Å². The van der Waals surface area contributed by atoms with Gasteiger partial charge in [0.1, 0.15) is 0 Å². The summed E-state index contributed by atoms with van der Waals surface area (Å²) < 4.78 is 1.19. The van der Waals surface area contributed by atoms with E-state index >= 15 is 0 Å². The Morgan fingerprint density at radius 2 is 1.91 bits per heavy atom. The Kier molecular flexibility index (Phi) is 5.71. The standard InChI is InChI=1S/C17H23N3O2S/c1-17(2,3)16(22)19-11-14(21)18-10-6-9-15-20-12-7-4-5-8-13(12)23-15/h4-5,7-8H,6,9-11H2,1-3H3,(H,18,21)(H,19,22). The second kappa shape index (κ2) is 7.55. The van der Waals surface area contributed by atoms with Crippen molar-refractivity contribution in [2.24, 2.45) is 5.41 Å². The highest BCUT2D eigenvalue weighted by Gasteiger charge is 2.21. The van der Waals surface area contributed by atoms with E-state index in [4.69, 9.17) is 0 Å². The van der Waals surface area contributed by atoms with E-state index in [0.29, 0.717) is 6.54 Å². The molecule has 1 aromatic heterocycles. The van der Waals surface area contributed by atoms with E-state index in [-0.39, 0.29) is 18.4 Å². The summed E-state index contributed by atoms with van der Waals surface area (Å²) in [7, 11) is 0. The fourth-order valence-corrected chi connectivity index (χ4v) is 2.99. The quantitative estimate of drug-likeness (QED) is 0.798. The van der Waals surface area contributed by atoms with Crippen molar-refractivity contribution in [3.63, 3.8) is 0 Å². The van der Waals surface area contributed by atoms with Crippen LogP contribution in [0.5, 0.6) is 0 Å². The molecule has 0 aliphatic carbocycles. The Morgan fingerprint density at radius 1 is 1.17 bits per heavy atom. The van der Waals surface area contributed by atoms with Crippen LogP contribution in [0.15, 0.2) is 24.3 Å². The molecule has 6 heteroatoms. The number of nitrogens with one attached hydrogen (secondary N) is 2. The molecule has 1 heterocycles. The van der Waals surface area contributed by atoms with Crippen molar-refractivity contribution in [2.75, 3.05) is 13.1 Å². The third-order valence-electron chi connectivity index (χ3n) is 3.32. The number of amides is 2. The third-order valence-corrected chi connectivity index (χ3v) is 4.41. The summed E-state index contributed by atoms with van der Waals surface area (Å²) in [5, 5.41) is 6.54. The van der Waals surface area contributed by atoms with Gasteiger partial charge >= 0.3 is 0 Å². The predicted molar refractivity (Wildman–Crippen MR) is 93.4 cm³/mol. The molecule has 0 radical (unpaired) electrons. The second-order valence-corrected chi connectivity index (χ2v) is 7.58. The fourth-order valence-electron chi connectivity index (χ4n) is 1.98. The van der Waals surface area contributed by atoms with E-state index in [9.17, 15) is 9.59 Å². The summed E-state index contributed by atoms with van der Waals surface area (Å²) in [6.45, 7) is 6.06. The molecule has 0 saturated heterocycles. The van der Waals surface area contributed by atoms with Gasteiger partial charge in [-0.15, -0.1) is 11.3 Å². The molecule has 0 atom stereocenters. The normalized spacial score (nSPS) is 11.4. The van der Waals surface area contributed by atoms with Crippen molar-refractivity contribution in [3.8, 4) is 0 Å². The molecular weight excluding hydrogens is 310 g/mol. The lowest BCUT2D eigenvalue weighted by atomic mass is 9.96. The lowest BCUT2D eigenvalue weighted by Crippen LogP contribution is -2.41. The summed E-state index contributed by atoms with van der Waals surface area (Å²) in [5.41, 5.74) is 0.550. The number of thiazole rings is 1. The predicted octanol–water partition coefficient (Wildman–Crippen LogP) is 2.51. The van der Waals surface area contributed by atoms with Crippen LogP contribution in [-0.2, 0) is 16.0 Å². The smallest absolute Gasteiger partial charge is 0.239 e. The average molecular weight is 333 g/mol. The third kappa shape index (κ3) is 5.32. The van der Waals surface area contributed by atoms with Crippen molar-refractivity contribution in [1.82, 2.24) is 15.6 Å². The van der Waals surface area contributed by atoms with Crippen LogP contribution in [0.4, 0.5) is 0 Å². The van der Waals surface area contributed by atoms with E-state index < -0.39 is 5.41 Å². The van der Waals surface area contributed by atoms with Crippen LogP contribution < -0.4 is 10.6 Å². The minimum Gasteiger partial charge on any atom is -0.355 e. The van der Waals surface area contributed by atoms with Gasteiger partial charge in [0.2, 0.25) is 11.8 Å². The SMILES string of the molecule is CC(C)(C)C(=O)NCC(=O)NCCCc1nc2ccccc2s1. The average Bonchev–Trinajstić information content (AvgIpc) is 2.91. The van der Waals surface area contributed by atoms with E-state index in [1.165, 1.54) is 4.70 Å². The number of hydrogen-bond acceptors (Lipinski definition) is 4. The van der Waals surface area contributed by atoms with Crippen LogP contribution in [-0.4, -0.2) is 29.9 Å². The monoisotopic (exact) mass is 333 g/mol. The number of aromatic nitrogens is 1. The molecule has 2 rings (SSSR count). The number of nitrogens with zero attached hydrogens (tertiary/aromatic N) is 1. The summed E-state index contributed by atoms with van der Waals surface area (Å²) in [6, 6.07) is 8.07. The van der Waals surface area contributed by atoms with Crippen LogP contribution in [0.1, 0.15) is 32.2 Å². The van der Waals surface area contributed by atoms with Crippen molar-refractivity contribution in [1.29, 1.82) is 0 Å². The van der Waals surface area contributed by atoms with Crippen LogP contribution in [0, 0.1) is 5.41 Å². The topological polar surface area (TPSA) is 71.1 Å². The fraction of sp³-hybridized carbons (Fsp3) is 0.471. The van der Waals surface area contributed by atoms with Gasteiger partial charge in [0.15, 0.2) is 0 Å². The number of para-hydroxylation sites is 1. The molecule has 0 unspecified atom stereocenters. The number of carbonyl (C=O) groups is 2. The maximum Gasteiger partial charge on any atom is 0.239 e. The number of fused-ring (bicyclic) bond motifs is 1. The molecule has 0 fully saturated rings. The van der Waals surface area contributed by atoms with Gasteiger partial charge in [0.25, 0.3) is 0 Å². The minimum absolute atomic E-state index is 0.0250. The van der Waals surface area contributed by atoms with Crippen molar-refractivity contribution >= 4 is 33.4 Å². The van der Waals surface area contributed by atoms with Gasteiger partial charge in [-0.3, -0.25) is 9.59 Å². The van der Waals surface area contributed by atoms with Gasteiger partial charge in [-0.25, -0.2) is 4.98 Å². The number of hydrogen-bond donors (Lipinski definition) is 2. The zero-order valence-electron chi connectivity index (χ0n) is 13.8. The molecule has 5 nitrogen and oxygen atoms in total. The Hall–Kier alpha value is -1.95. The number of carbonyl (C=O) groups excluding carboxylic acids is 2. The van der Waals surface area contributed by atoms with Gasteiger partial charge in [0.05, 0.1) is 21.8 Å². The van der Waals surface area contributed by atoms with Gasteiger partial charge in [-0.2, -0.15) is 0 Å². The molecule has 124 valence electrons. The summed E-state index contributed by atoms with van der Waals surface area (Å²) >= 11 is 1.69. The Balaban J connectivity index is 1.67. The highest BCUT2D eigenvalue weighted by molar-refractivity contribution is 7.18. The molecule has 0 spiro atoms. The summed E-state index contributed by atoms with van der Waals surface area (Å²) in [4.78, 5) is 27.9. The van der Waals surface area contributed by atoms with Crippen molar-refractivity contribution in [2.45, 2.75) is 33.6 Å². The number of benzene rings is 1. The first kappa shape index (κ1) is 17.4. The Bertz CT molecular complexity index is 655. The van der Waals surface area contributed by atoms with Gasteiger partial charge in [-0.05, 0) is 18.6 Å². The molecule has 23 heavy (non-hydrogen) atoms. The molecule has 1 aromatic carbocycles. The second-order valence-electron chi connectivity index (χ2n) is 6.46. The molecular formula is C17H23N3O2S. The van der Waals surface area contributed by atoms with Crippen LogP contribution in [0.25, 0.3) is 10.2 Å². The highest BCUT2D eigenvalue weighted by atomic mass is 32.1. The molecule has 0 aliphatic rings. The Morgan fingerprint density at radius 3 is 2.61 bits per heavy atom.